The minimum Gasteiger partial charge on any atom is -0.463 e. The first kappa shape index (κ1) is 13.6. The van der Waals surface area contributed by atoms with Crippen LogP contribution >= 0.6 is 0 Å². The van der Waals surface area contributed by atoms with E-state index in [1.54, 1.807) is 13.1 Å². The van der Waals surface area contributed by atoms with Crippen LogP contribution in [0.15, 0.2) is 65.8 Å². The summed E-state index contributed by atoms with van der Waals surface area (Å²) in [7, 11) is 0. The van der Waals surface area contributed by atoms with E-state index in [1.165, 1.54) is 0 Å². The number of halogens is 1. The molecule has 1 heterocycles. The molecule has 0 radical (unpaired) electrons. The van der Waals surface area contributed by atoms with Crippen LogP contribution in [-0.4, -0.2) is 12.6 Å². The highest BCUT2D eigenvalue weighted by atomic mass is 19.1. The number of ether oxygens (including phenoxy) is 1. The maximum Gasteiger partial charge on any atom is 0.221 e. The van der Waals surface area contributed by atoms with Crippen molar-refractivity contribution in [2.75, 3.05) is 6.67 Å². The average molecular weight is 281 g/mol. The molecule has 106 valence electrons. The molecule has 3 rings (SSSR count). The molecule has 1 aliphatic rings. The zero-order valence-corrected chi connectivity index (χ0v) is 11.8. The fraction of sp³-hybridized carbons (Fsp3) is 0.167. The molecule has 2 aromatic carbocycles. The molecule has 2 aromatic rings. The minimum atomic E-state index is -1.05. The maximum atomic E-state index is 13.7. The standard InChI is InChI=1S/C18H16FNO/c1-18(13-19)16-10-6-5-7-14(16)11-12-20-17(21-18)15-8-3-2-4-9-15/h2-12H,13H2,1H3/b12-11-,20-17?. The van der Waals surface area contributed by atoms with Gasteiger partial charge in [-0.25, -0.2) is 9.38 Å². The summed E-state index contributed by atoms with van der Waals surface area (Å²) in [6, 6.07) is 17.2. The van der Waals surface area contributed by atoms with Crippen LogP contribution in [0.4, 0.5) is 4.39 Å². The number of hydrogen-bond acceptors (Lipinski definition) is 2. The molecular weight excluding hydrogens is 265 g/mol. The van der Waals surface area contributed by atoms with Crippen LogP contribution in [0.25, 0.3) is 6.08 Å². The van der Waals surface area contributed by atoms with Crippen molar-refractivity contribution in [3.05, 3.63) is 77.5 Å². The molecule has 0 bridgehead atoms. The maximum absolute atomic E-state index is 13.7. The third kappa shape index (κ3) is 2.59. The third-order valence-corrected chi connectivity index (χ3v) is 3.57. The number of aliphatic imine (C=N–C) groups is 1. The van der Waals surface area contributed by atoms with Crippen molar-refractivity contribution < 1.29 is 9.13 Å². The van der Waals surface area contributed by atoms with Gasteiger partial charge in [-0.3, -0.25) is 0 Å². The largest absolute Gasteiger partial charge is 0.463 e. The van der Waals surface area contributed by atoms with E-state index in [2.05, 4.69) is 4.99 Å². The van der Waals surface area contributed by atoms with Gasteiger partial charge in [-0.15, -0.1) is 0 Å². The van der Waals surface area contributed by atoms with Crippen LogP contribution in [0.3, 0.4) is 0 Å². The Hall–Kier alpha value is -2.42. The molecule has 0 N–H and O–H groups in total. The van der Waals surface area contributed by atoms with E-state index in [0.717, 1.165) is 16.7 Å². The summed E-state index contributed by atoms with van der Waals surface area (Å²) in [5.74, 6) is 0.432. The van der Waals surface area contributed by atoms with Gasteiger partial charge in [0.1, 0.15) is 6.67 Å². The fourth-order valence-electron chi connectivity index (χ4n) is 2.42. The van der Waals surface area contributed by atoms with E-state index in [4.69, 9.17) is 4.74 Å². The molecule has 0 aliphatic carbocycles. The molecule has 2 nitrogen and oxygen atoms in total. The van der Waals surface area contributed by atoms with Gasteiger partial charge in [0.15, 0.2) is 5.60 Å². The Morgan fingerprint density at radius 1 is 1.05 bits per heavy atom. The lowest BCUT2D eigenvalue weighted by atomic mass is 9.91. The van der Waals surface area contributed by atoms with Gasteiger partial charge in [-0.1, -0.05) is 42.5 Å². The highest BCUT2D eigenvalue weighted by molar-refractivity contribution is 5.95. The number of benzene rings is 2. The molecule has 0 saturated heterocycles. The van der Waals surface area contributed by atoms with Crippen molar-refractivity contribution in [2.24, 2.45) is 4.99 Å². The van der Waals surface area contributed by atoms with Gasteiger partial charge in [0.25, 0.3) is 0 Å². The zero-order valence-electron chi connectivity index (χ0n) is 11.8. The lowest BCUT2D eigenvalue weighted by molar-refractivity contribution is 0.0448. The summed E-state index contributed by atoms with van der Waals surface area (Å²) < 4.78 is 19.7. The molecule has 0 fully saturated rings. The summed E-state index contributed by atoms with van der Waals surface area (Å²) in [5.41, 5.74) is 1.54. The highest BCUT2D eigenvalue weighted by Crippen LogP contribution is 2.32. The summed E-state index contributed by atoms with van der Waals surface area (Å²) in [5, 5.41) is 0. The average Bonchev–Trinajstić information content (AvgIpc) is 2.53. The van der Waals surface area contributed by atoms with Crippen LogP contribution < -0.4 is 0 Å². The SMILES string of the molecule is CC1(CF)OC(c2ccccc2)=N/C=C\c2ccccc21. The Labute approximate surface area is 123 Å². The summed E-state index contributed by atoms with van der Waals surface area (Å²) in [6.07, 6.45) is 3.58. The van der Waals surface area contributed by atoms with Gasteiger partial charge in [0.05, 0.1) is 0 Å². The van der Waals surface area contributed by atoms with Crippen molar-refractivity contribution in [3.63, 3.8) is 0 Å². The van der Waals surface area contributed by atoms with Crippen LogP contribution in [0.1, 0.15) is 23.6 Å². The second-order valence-electron chi connectivity index (χ2n) is 5.17. The molecule has 1 unspecified atom stereocenters. The molecule has 1 atom stereocenters. The number of fused-ring (bicyclic) bond motifs is 1. The Balaban J connectivity index is 2.10. The molecular formula is C18H16FNO. The van der Waals surface area contributed by atoms with Gasteiger partial charge in [-0.05, 0) is 30.7 Å². The predicted octanol–water partition coefficient (Wildman–Crippen LogP) is 4.32. The van der Waals surface area contributed by atoms with Crippen LogP contribution in [0, 0.1) is 0 Å². The van der Waals surface area contributed by atoms with Crippen LogP contribution in [-0.2, 0) is 10.3 Å². The normalized spacial score (nSPS) is 22.3. The van der Waals surface area contributed by atoms with E-state index in [-0.39, 0.29) is 0 Å². The number of nitrogens with zero attached hydrogens (tertiary/aromatic N) is 1. The first-order chi connectivity index (χ1) is 10.2. The van der Waals surface area contributed by atoms with Gasteiger partial charge in [-0.2, -0.15) is 0 Å². The highest BCUT2D eigenvalue weighted by Gasteiger charge is 2.33. The Kier molecular flexibility index (Phi) is 3.57. The second-order valence-corrected chi connectivity index (χ2v) is 5.17. The van der Waals surface area contributed by atoms with Crippen LogP contribution in [0.5, 0.6) is 0 Å². The van der Waals surface area contributed by atoms with Crippen molar-refractivity contribution in [1.29, 1.82) is 0 Å². The summed E-state index contributed by atoms with van der Waals surface area (Å²) in [4.78, 5) is 4.34. The van der Waals surface area contributed by atoms with E-state index in [0.29, 0.717) is 5.90 Å². The number of hydrogen-bond donors (Lipinski definition) is 0. The predicted molar refractivity (Wildman–Crippen MR) is 82.9 cm³/mol. The Bertz CT molecular complexity index is 693. The summed E-state index contributed by atoms with van der Waals surface area (Å²) in [6.45, 7) is 1.13. The smallest absolute Gasteiger partial charge is 0.221 e. The van der Waals surface area contributed by atoms with E-state index in [1.807, 2.05) is 60.7 Å². The molecule has 3 heteroatoms. The molecule has 1 aliphatic heterocycles. The van der Waals surface area contributed by atoms with Gasteiger partial charge < -0.3 is 4.74 Å². The molecule has 0 spiro atoms. The van der Waals surface area contributed by atoms with Crippen molar-refractivity contribution >= 4 is 12.0 Å². The van der Waals surface area contributed by atoms with Gasteiger partial charge in [0.2, 0.25) is 5.90 Å². The molecule has 0 amide bonds. The topological polar surface area (TPSA) is 21.6 Å². The van der Waals surface area contributed by atoms with Gasteiger partial charge in [0, 0.05) is 17.3 Å². The Morgan fingerprint density at radius 2 is 1.76 bits per heavy atom. The monoisotopic (exact) mass is 281 g/mol. The van der Waals surface area contributed by atoms with Crippen molar-refractivity contribution in [1.82, 2.24) is 0 Å². The van der Waals surface area contributed by atoms with Gasteiger partial charge >= 0.3 is 0 Å². The Morgan fingerprint density at radius 3 is 2.52 bits per heavy atom. The lowest BCUT2D eigenvalue weighted by Gasteiger charge is -2.31. The zero-order chi connectivity index (χ0) is 14.7. The minimum absolute atomic E-state index is 0.432. The van der Waals surface area contributed by atoms with E-state index in [9.17, 15) is 4.39 Å². The number of rotatable bonds is 2. The van der Waals surface area contributed by atoms with Crippen LogP contribution in [0.2, 0.25) is 0 Å². The van der Waals surface area contributed by atoms with Crippen molar-refractivity contribution in [3.8, 4) is 0 Å². The second kappa shape index (κ2) is 5.52. The molecule has 21 heavy (non-hydrogen) atoms. The fourth-order valence-corrected chi connectivity index (χ4v) is 2.42. The summed E-state index contributed by atoms with van der Waals surface area (Å²) >= 11 is 0. The van der Waals surface area contributed by atoms with E-state index >= 15 is 0 Å². The molecule has 0 saturated carbocycles. The van der Waals surface area contributed by atoms with E-state index < -0.39 is 12.3 Å². The van der Waals surface area contributed by atoms with Crippen molar-refractivity contribution in [2.45, 2.75) is 12.5 Å². The quantitative estimate of drug-likeness (QED) is 0.803. The lowest BCUT2D eigenvalue weighted by Crippen LogP contribution is -2.33. The third-order valence-electron chi connectivity index (χ3n) is 3.57. The first-order valence-corrected chi connectivity index (χ1v) is 6.87. The number of alkyl halides is 1. The molecule has 0 aromatic heterocycles. The first-order valence-electron chi connectivity index (χ1n) is 6.87.